The van der Waals surface area contributed by atoms with Crippen molar-refractivity contribution in [2.75, 3.05) is 0 Å². The Balaban J connectivity index is 1.24. The monoisotopic (exact) mass is 704 g/mol. The lowest BCUT2D eigenvalue weighted by atomic mass is 9.85. The van der Waals surface area contributed by atoms with Crippen LogP contribution in [0.25, 0.3) is 76.5 Å². The second-order valence-corrected chi connectivity index (χ2v) is 15.2. The first-order valence-corrected chi connectivity index (χ1v) is 18.5. The smallest absolute Gasteiger partial charge is 0.194 e. The van der Waals surface area contributed by atoms with Crippen LogP contribution in [-0.4, -0.2) is 4.48 Å². The van der Waals surface area contributed by atoms with E-state index in [9.17, 15) is 13.2 Å². The molecule has 9 aromatic carbocycles. The van der Waals surface area contributed by atoms with Gasteiger partial charge in [-0.05, 0) is 94.7 Å². The lowest BCUT2D eigenvalue weighted by Crippen LogP contribution is -2.44. The molecule has 1 spiro atoms. The molecule has 2 aliphatic heterocycles. The maximum Gasteiger partial charge on any atom is 0.194 e. The number of fused-ring (bicyclic) bond motifs is 14. The summed E-state index contributed by atoms with van der Waals surface area (Å²) in [4.78, 5) is 0. The van der Waals surface area contributed by atoms with Crippen LogP contribution in [0, 0.1) is 17.5 Å². The number of rotatable bonds is 1. The van der Waals surface area contributed by atoms with Gasteiger partial charge in [-0.25, -0.2) is 13.2 Å². The maximum atomic E-state index is 14.9. The van der Waals surface area contributed by atoms with Crippen molar-refractivity contribution in [1.29, 1.82) is 0 Å². The highest BCUT2D eigenvalue weighted by Crippen LogP contribution is 2.50. The maximum absolute atomic E-state index is 14.9. The summed E-state index contributed by atoms with van der Waals surface area (Å²) in [5.74, 6) is -3.84. The Hall–Kier alpha value is -6.23. The van der Waals surface area contributed by atoms with Crippen LogP contribution in [0.2, 0.25) is 0 Å². The molecule has 0 saturated carbocycles. The Morgan fingerprint density at radius 1 is 0.352 bits per heavy atom. The summed E-state index contributed by atoms with van der Waals surface area (Å²) >= 11 is 0. The van der Waals surface area contributed by atoms with Crippen molar-refractivity contribution >= 4 is 43.1 Å². The van der Waals surface area contributed by atoms with Gasteiger partial charge in [0.15, 0.2) is 17.5 Å². The van der Waals surface area contributed by atoms with E-state index in [0.717, 1.165) is 63.5 Å². The zero-order valence-electron chi connectivity index (χ0n) is 29.3. The number of nitrogens with zero attached hydrogens (tertiary/aromatic N) is 1. The normalized spacial score (nSPS) is 14.4. The van der Waals surface area contributed by atoms with Gasteiger partial charge in [0, 0.05) is 22.3 Å². The van der Waals surface area contributed by atoms with Crippen molar-refractivity contribution in [2.45, 2.75) is 26.2 Å². The van der Waals surface area contributed by atoms with Crippen molar-refractivity contribution in [2.24, 2.45) is 0 Å². The third kappa shape index (κ3) is 4.63. The van der Waals surface area contributed by atoms with Crippen LogP contribution in [0.3, 0.4) is 0 Å². The number of quaternary nitrogens is 1. The Morgan fingerprint density at radius 3 is 1.19 bits per heavy atom. The van der Waals surface area contributed by atoms with Crippen molar-refractivity contribution in [1.82, 2.24) is 0 Å². The minimum atomic E-state index is -1.45. The zero-order valence-corrected chi connectivity index (χ0v) is 29.3. The van der Waals surface area contributed by atoms with Crippen LogP contribution in [-0.2, 0) is 26.2 Å². The van der Waals surface area contributed by atoms with Crippen molar-refractivity contribution < 1.29 is 17.7 Å². The molecule has 0 unspecified atom stereocenters. The van der Waals surface area contributed by atoms with E-state index in [1.54, 1.807) is 0 Å². The molecule has 0 bridgehead atoms. The van der Waals surface area contributed by atoms with Gasteiger partial charge in [0.25, 0.3) is 0 Å². The van der Waals surface area contributed by atoms with Crippen LogP contribution < -0.4 is 0 Å². The first kappa shape index (κ1) is 31.3. The molecule has 11 rings (SSSR count). The summed E-state index contributed by atoms with van der Waals surface area (Å²) in [7, 11) is 0. The second-order valence-electron chi connectivity index (χ2n) is 15.2. The summed E-state index contributed by atoms with van der Waals surface area (Å²) in [6, 6.07) is 52.2. The van der Waals surface area contributed by atoms with E-state index < -0.39 is 17.5 Å². The molecule has 0 radical (unpaired) electrons. The van der Waals surface area contributed by atoms with E-state index in [1.807, 2.05) is 18.2 Å². The van der Waals surface area contributed by atoms with E-state index in [2.05, 4.69) is 121 Å². The number of hydrogen-bond acceptors (Lipinski definition) is 0. The fourth-order valence-electron chi connectivity index (χ4n) is 9.81. The van der Waals surface area contributed by atoms with E-state index in [4.69, 9.17) is 0 Å². The van der Waals surface area contributed by atoms with Crippen molar-refractivity contribution in [3.8, 4) is 33.4 Å². The first-order valence-electron chi connectivity index (χ1n) is 18.5. The minimum absolute atomic E-state index is 0.323. The molecule has 258 valence electrons. The molecule has 0 fully saturated rings. The number of hydrogen-bond donors (Lipinski definition) is 0. The van der Waals surface area contributed by atoms with Gasteiger partial charge in [0.05, 0.1) is 0 Å². The lowest BCUT2D eigenvalue weighted by molar-refractivity contribution is -0.977. The van der Waals surface area contributed by atoms with Gasteiger partial charge in [-0.1, -0.05) is 133 Å². The third-order valence-electron chi connectivity index (χ3n) is 12.0. The Kier molecular flexibility index (Phi) is 6.75. The molecule has 9 aromatic rings. The lowest BCUT2D eigenvalue weighted by Gasteiger charge is -2.38. The van der Waals surface area contributed by atoms with Crippen molar-refractivity contribution in [3.63, 3.8) is 0 Å². The Labute approximate surface area is 310 Å². The van der Waals surface area contributed by atoms with Crippen LogP contribution >= 0.6 is 0 Å². The molecular formula is C50H33F3N+. The van der Waals surface area contributed by atoms with Crippen LogP contribution in [0.1, 0.15) is 22.3 Å². The average Bonchev–Trinajstić information content (AvgIpc) is 3.43. The highest BCUT2D eigenvalue weighted by Gasteiger charge is 2.40. The molecular weight excluding hydrogens is 672 g/mol. The molecule has 1 nitrogen and oxygen atoms in total. The molecule has 0 amide bonds. The van der Waals surface area contributed by atoms with E-state index in [-0.39, 0.29) is 0 Å². The van der Waals surface area contributed by atoms with Gasteiger partial charge in [-0.3, -0.25) is 0 Å². The van der Waals surface area contributed by atoms with Gasteiger partial charge in [-0.2, -0.15) is 0 Å². The number of halogens is 3. The average molecular weight is 705 g/mol. The molecule has 2 heterocycles. The largest absolute Gasteiger partial charge is 0.309 e. The Morgan fingerprint density at radius 2 is 0.722 bits per heavy atom. The molecule has 0 aliphatic carbocycles. The summed E-state index contributed by atoms with van der Waals surface area (Å²) in [6.45, 7) is 3.05. The molecule has 2 aliphatic rings. The van der Waals surface area contributed by atoms with Gasteiger partial charge in [0.1, 0.15) is 26.2 Å². The highest BCUT2D eigenvalue weighted by molar-refractivity contribution is 6.12. The second kappa shape index (κ2) is 11.6. The summed E-state index contributed by atoms with van der Waals surface area (Å²) in [5.41, 5.74) is 11.0. The minimum Gasteiger partial charge on any atom is -0.309 e. The summed E-state index contributed by atoms with van der Waals surface area (Å²) in [5, 5.41) is 9.18. The fourth-order valence-corrected chi connectivity index (χ4v) is 9.81. The predicted molar refractivity (Wildman–Crippen MR) is 214 cm³/mol. The van der Waals surface area contributed by atoms with Gasteiger partial charge in [-0.15, -0.1) is 0 Å². The van der Waals surface area contributed by atoms with Crippen LogP contribution in [0.5, 0.6) is 0 Å². The molecule has 0 saturated heterocycles. The standard InChI is InChI=1S/C50H33F3N/c51-44-24-36(25-45(52)50(44)53)43-23-37-29-54(28-35-22-19-32-11-3-6-14-40(32)48(35)49(37)42-16-8-7-15-41(42)43)26-33-20-17-30-9-1-4-12-38(30)46(33)47-34(27-54)21-18-31-10-2-5-13-39(31)47/h1-25H,26-29H2/q+1. The van der Waals surface area contributed by atoms with E-state index in [0.29, 0.717) is 17.7 Å². The molecule has 0 N–H and O–H groups in total. The predicted octanol–water partition coefficient (Wildman–Crippen LogP) is 13.3. The Bertz CT molecular complexity index is 2940. The van der Waals surface area contributed by atoms with E-state index in [1.165, 1.54) is 60.3 Å². The highest BCUT2D eigenvalue weighted by atomic mass is 19.2. The quantitative estimate of drug-likeness (QED) is 0.118. The molecule has 0 aromatic heterocycles. The van der Waals surface area contributed by atoms with Gasteiger partial charge < -0.3 is 4.48 Å². The molecule has 0 atom stereocenters. The number of benzene rings is 9. The van der Waals surface area contributed by atoms with Gasteiger partial charge in [0.2, 0.25) is 0 Å². The van der Waals surface area contributed by atoms with Crippen molar-refractivity contribution in [3.05, 3.63) is 191 Å². The topological polar surface area (TPSA) is 0 Å². The summed E-state index contributed by atoms with van der Waals surface area (Å²) in [6.07, 6.45) is 0. The van der Waals surface area contributed by atoms with E-state index >= 15 is 0 Å². The SMILES string of the molecule is Fc1cc(-c2cc3c(c4ccccc24)-c2c(ccc4ccccc24)C[N+]2(Cc4ccc5ccccc5c4-c4c(ccc5ccccc45)C2)C3)cc(F)c1F. The molecule has 4 heteroatoms. The fraction of sp³-hybridized carbons (Fsp3) is 0.0800. The third-order valence-corrected chi connectivity index (χ3v) is 12.0. The van der Waals surface area contributed by atoms with Crippen LogP contribution in [0.4, 0.5) is 13.2 Å². The first-order chi connectivity index (χ1) is 26.4. The zero-order chi connectivity index (χ0) is 36.1. The van der Waals surface area contributed by atoms with Crippen LogP contribution in [0.15, 0.2) is 152 Å². The molecule has 54 heavy (non-hydrogen) atoms. The summed E-state index contributed by atoms with van der Waals surface area (Å²) < 4.78 is 44.9. The van der Waals surface area contributed by atoms with Gasteiger partial charge >= 0.3 is 0 Å².